The Kier molecular flexibility index (Phi) is 5.98. The first-order valence-corrected chi connectivity index (χ1v) is 9.46. The third kappa shape index (κ3) is 4.58. The molecule has 1 saturated heterocycles. The first-order chi connectivity index (χ1) is 12.1. The number of urea groups is 1. The summed E-state index contributed by atoms with van der Waals surface area (Å²) in [5, 5.41) is 2.46. The molecule has 0 bridgehead atoms. The van der Waals surface area contributed by atoms with Crippen LogP contribution in [0.5, 0.6) is 0 Å². The first kappa shape index (κ1) is 19.9. The molecule has 1 aromatic rings. The number of sulfonamides is 1. The fourth-order valence-electron chi connectivity index (χ4n) is 2.31. The number of hydrogen-bond acceptors (Lipinski definition) is 6. The lowest BCUT2D eigenvalue weighted by atomic mass is 10.1. The van der Waals surface area contributed by atoms with Crippen molar-refractivity contribution in [1.29, 1.82) is 0 Å². The van der Waals surface area contributed by atoms with Crippen molar-refractivity contribution in [3.05, 3.63) is 29.3 Å². The van der Waals surface area contributed by atoms with E-state index in [1.165, 1.54) is 19.1 Å². The van der Waals surface area contributed by atoms with Gasteiger partial charge in [-0.25, -0.2) is 13.2 Å². The Balaban J connectivity index is 1.92. The van der Waals surface area contributed by atoms with E-state index in [1.807, 2.05) is 6.92 Å². The summed E-state index contributed by atoms with van der Waals surface area (Å²) in [6, 6.07) is 4.06. The van der Waals surface area contributed by atoms with Gasteiger partial charge in [-0.2, -0.15) is 4.72 Å². The van der Waals surface area contributed by atoms with Gasteiger partial charge in [0.1, 0.15) is 6.54 Å². The number of nitrogens with one attached hydrogen (secondary N) is 2. The van der Waals surface area contributed by atoms with E-state index in [1.54, 1.807) is 13.0 Å². The molecule has 0 radical (unpaired) electrons. The molecule has 1 aliphatic rings. The van der Waals surface area contributed by atoms with Crippen LogP contribution in [0.4, 0.5) is 4.79 Å². The highest BCUT2D eigenvalue weighted by molar-refractivity contribution is 7.89. The molecule has 0 spiro atoms. The summed E-state index contributed by atoms with van der Waals surface area (Å²) in [5.74, 6) is -1.58. The Morgan fingerprint density at radius 1 is 1.31 bits per heavy atom. The van der Waals surface area contributed by atoms with Crippen LogP contribution in [-0.4, -0.2) is 57.0 Å². The lowest BCUT2D eigenvalue weighted by molar-refractivity contribution is -0.156. The Morgan fingerprint density at radius 2 is 2.00 bits per heavy atom. The molecular formula is C16H21N3O6S. The second kappa shape index (κ2) is 7.83. The van der Waals surface area contributed by atoms with Crippen LogP contribution in [0.2, 0.25) is 0 Å². The highest BCUT2D eigenvalue weighted by atomic mass is 32.2. The van der Waals surface area contributed by atoms with E-state index < -0.39 is 40.6 Å². The van der Waals surface area contributed by atoms with Crippen molar-refractivity contribution in [2.24, 2.45) is 0 Å². The molecule has 26 heavy (non-hydrogen) atoms. The van der Waals surface area contributed by atoms with Crippen LogP contribution >= 0.6 is 0 Å². The molecule has 9 nitrogen and oxygen atoms in total. The monoisotopic (exact) mass is 383 g/mol. The number of esters is 1. The number of aryl methyl sites for hydroxylation is 2. The van der Waals surface area contributed by atoms with E-state index in [4.69, 9.17) is 4.74 Å². The minimum absolute atomic E-state index is 0.0336. The van der Waals surface area contributed by atoms with Crippen LogP contribution in [0.25, 0.3) is 0 Å². The smallest absolute Gasteiger partial charge is 0.324 e. The van der Waals surface area contributed by atoms with Crippen LogP contribution in [0.1, 0.15) is 18.1 Å². The Morgan fingerprint density at radius 3 is 2.58 bits per heavy atom. The van der Waals surface area contributed by atoms with Crippen molar-refractivity contribution >= 4 is 27.9 Å². The molecule has 2 rings (SSSR count). The number of nitrogens with zero attached hydrogens (tertiary/aromatic N) is 1. The van der Waals surface area contributed by atoms with Crippen LogP contribution < -0.4 is 10.0 Å². The zero-order valence-electron chi connectivity index (χ0n) is 14.7. The maximum absolute atomic E-state index is 12.2. The van der Waals surface area contributed by atoms with Gasteiger partial charge < -0.3 is 10.1 Å². The largest absolute Gasteiger partial charge is 0.452 e. The Hall–Kier alpha value is -2.46. The molecule has 1 fully saturated rings. The van der Waals surface area contributed by atoms with E-state index in [9.17, 15) is 22.8 Å². The molecule has 1 aromatic carbocycles. The van der Waals surface area contributed by atoms with E-state index in [-0.39, 0.29) is 11.4 Å². The maximum atomic E-state index is 12.2. The molecule has 1 aliphatic heterocycles. The molecular weight excluding hydrogens is 362 g/mol. The fourth-order valence-corrected chi connectivity index (χ4v) is 3.36. The lowest BCUT2D eigenvalue weighted by Crippen LogP contribution is -2.43. The molecule has 1 atom stereocenters. The topological polar surface area (TPSA) is 122 Å². The number of amides is 3. The molecule has 0 saturated carbocycles. The van der Waals surface area contributed by atoms with Crippen molar-refractivity contribution in [1.82, 2.24) is 14.9 Å². The molecule has 0 aliphatic carbocycles. The SMILES string of the molecule is Cc1ccc(S(=O)(=O)NCC(=O)O[C@H](C)C(=O)N2CCNC2=O)cc1C. The first-order valence-electron chi connectivity index (χ1n) is 7.97. The maximum Gasteiger partial charge on any atom is 0.324 e. The number of benzene rings is 1. The predicted molar refractivity (Wildman–Crippen MR) is 91.8 cm³/mol. The minimum atomic E-state index is -3.89. The minimum Gasteiger partial charge on any atom is -0.452 e. The molecule has 3 amide bonds. The number of carbonyl (C=O) groups excluding carboxylic acids is 3. The van der Waals surface area contributed by atoms with Crippen molar-refractivity contribution in [3.63, 3.8) is 0 Å². The number of imide groups is 1. The van der Waals surface area contributed by atoms with Gasteiger partial charge in [-0.15, -0.1) is 0 Å². The zero-order valence-corrected chi connectivity index (χ0v) is 15.6. The summed E-state index contributed by atoms with van der Waals surface area (Å²) in [7, 11) is -3.89. The summed E-state index contributed by atoms with van der Waals surface area (Å²) < 4.78 is 31.5. The highest BCUT2D eigenvalue weighted by Crippen LogP contribution is 2.14. The normalized spacial score (nSPS) is 15.5. The third-order valence-electron chi connectivity index (χ3n) is 3.97. The molecule has 1 heterocycles. The summed E-state index contributed by atoms with van der Waals surface area (Å²) in [6.45, 7) is 4.86. The van der Waals surface area contributed by atoms with Gasteiger partial charge in [0.25, 0.3) is 5.91 Å². The number of rotatable bonds is 6. The van der Waals surface area contributed by atoms with Gasteiger partial charge in [0.05, 0.1) is 4.90 Å². The van der Waals surface area contributed by atoms with Crippen molar-refractivity contribution in [2.45, 2.75) is 31.8 Å². The zero-order chi connectivity index (χ0) is 19.5. The quantitative estimate of drug-likeness (QED) is 0.670. The van der Waals surface area contributed by atoms with Gasteiger partial charge in [-0.05, 0) is 44.0 Å². The Bertz CT molecular complexity index is 836. The van der Waals surface area contributed by atoms with Gasteiger partial charge in [-0.3, -0.25) is 14.5 Å². The van der Waals surface area contributed by atoms with Crippen molar-refractivity contribution in [2.75, 3.05) is 19.6 Å². The second-order valence-electron chi connectivity index (χ2n) is 5.92. The lowest BCUT2D eigenvalue weighted by Gasteiger charge is -2.18. The average molecular weight is 383 g/mol. The summed E-state index contributed by atoms with van der Waals surface area (Å²) in [4.78, 5) is 36.3. The van der Waals surface area contributed by atoms with E-state index >= 15 is 0 Å². The molecule has 0 aromatic heterocycles. The third-order valence-corrected chi connectivity index (χ3v) is 5.37. The van der Waals surface area contributed by atoms with E-state index in [0.717, 1.165) is 16.0 Å². The van der Waals surface area contributed by atoms with Crippen molar-refractivity contribution < 1.29 is 27.5 Å². The molecule has 2 N–H and O–H groups in total. The number of hydrogen-bond donors (Lipinski definition) is 2. The summed E-state index contributed by atoms with van der Waals surface area (Å²) >= 11 is 0. The second-order valence-corrected chi connectivity index (χ2v) is 7.69. The van der Waals surface area contributed by atoms with Gasteiger partial charge in [0.2, 0.25) is 10.0 Å². The molecule has 142 valence electrons. The molecule has 10 heteroatoms. The van der Waals surface area contributed by atoms with Crippen LogP contribution in [0.3, 0.4) is 0 Å². The van der Waals surface area contributed by atoms with E-state index in [0.29, 0.717) is 6.54 Å². The number of carbonyl (C=O) groups is 3. The molecule has 0 unspecified atom stereocenters. The van der Waals surface area contributed by atoms with Crippen molar-refractivity contribution in [3.8, 4) is 0 Å². The van der Waals surface area contributed by atoms with Gasteiger partial charge in [-0.1, -0.05) is 6.07 Å². The van der Waals surface area contributed by atoms with E-state index in [2.05, 4.69) is 10.0 Å². The van der Waals surface area contributed by atoms with Gasteiger partial charge >= 0.3 is 12.0 Å². The van der Waals surface area contributed by atoms with Crippen LogP contribution in [-0.2, 0) is 24.3 Å². The Labute approximate surface area is 151 Å². The van der Waals surface area contributed by atoms with Gasteiger partial charge in [0, 0.05) is 13.1 Å². The summed E-state index contributed by atoms with van der Waals surface area (Å²) in [6.07, 6.45) is -1.20. The van der Waals surface area contributed by atoms with Crippen LogP contribution in [0.15, 0.2) is 23.1 Å². The standard InChI is InChI=1S/C16H21N3O6S/c1-10-4-5-13(8-11(10)2)26(23,24)18-9-14(20)25-12(3)15(21)19-7-6-17-16(19)22/h4-5,8,12,18H,6-7,9H2,1-3H3,(H,17,22)/t12-/m1/s1. The highest BCUT2D eigenvalue weighted by Gasteiger charge is 2.31. The summed E-state index contributed by atoms with van der Waals surface area (Å²) in [5.41, 5.74) is 1.75. The average Bonchev–Trinajstić information content (AvgIpc) is 3.00. The van der Waals surface area contributed by atoms with Crippen LogP contribution in [0, 0.1) is 13.8 Å². The fraction of sp³-hybridized carbons (Fsp3) is 0.438. The predicted octanol–water partition coefficient (Wildman–Crippen LogP) is 0.0652. The number of ether oxygens (including phenoxy) is 1. The van der Waals surface area contributed by atoms with Gasteiger partial charge in [0.15, 0.2) is 6.10 Å².